The molecule has 0 bridgehead atoms. The molecule has 2 heteroatoms. The summed E-state index contributed by atoms with van der Waals surface area (Å²) in [7, 11) is 2.10. The lowest BCUT2D eigenvalue weighted by molar-refractivity contribution is 0.0657. The van der Waals surface area contributed by atoms with Gasteiger partial charge in [0.1, 0.15) is 0 Å². The Labute approximate surface area is 126 Å². The van der Waals surface area contributed by atoms with Gasteiger partial charge in [-0.25, -0.2) is 0 Å². The zero-order valence-electron chi connectivity index (χ0n) is 14.1. The van der Waals surface area contributed by atoms with Crippen molar-refractivity contribution in [1.82, 2.24) is 5.32 Å². The molecule has 0 aromatic carbocycles. The van der Waals surface area contributed by atoms with Gasteiger partial charge >= 0.3 is 0 Å². The molecule has 2 fully saturated rings. The fourth-order valence-corrected chi connectivity index (χ4v) is 4.27. The van der Waals surface area contributed by atoms with E-state index in [0.29, 0.717) is 11.5 Å². The van der Waals surface area contributed by atoms with Gasteiger partial charge in [-0.3, -0.25) is 0 Å². The van der Waals surface area contributed by atoms with E-state index in [1.54, 1.807) is 0 Å². The number of hydrogen-bond donors (Lipinski definition) is 1. The molecule has 1 aliphatic carbocycles. The van der Waals surface area contributed by atoms with Gasteiger partial charge in [0.25, 0.3) is 0 Å². The highest BCUT2D eigenvalue weighted by atomic mass is 16.5. The average molecular weight is 281 g/mol. The van der Waals surface area contributed by atoms with Crippen molar-refractivity contribution in [2.24, 2.45) is 23.2 Å². The molecular weight excluding hydrogens is 246 g/mol. The maximum atomic E-state index is 5.82. The van der Waals surface area contributed by atoms with Crippen LogP contribution in [0, 0.1) is 23.2 Å². The van der Waals surface area contributed by atoms with Crippen LogP contribution in [0.4, 0.5) is 0 Å². The van der Waals surface area contributed by atoms with E-state index in [2.05, 4.69) is 33.1 Å². The summed E-state index contributed by atoms with van der Waals surface area (Å²) in [4.78, 5) is 0. The van der Waals surface area contributed by atoms with E-state index < -0.39 is 0 Å². The van der Waals surface area contributed by atoms with Crippen LogP contribution in [0.25, 0.3) is 0 Å². The minimum absolute atomic E-state index is 0.479. The summed E-state index contributed by atoms with van der Waals surface area (Å²) in [5.74, 6) is 2.70. The molecule has 4 unspecified atom stereocenters. The molecule has 1 saturated heterocycles. The van der Waals surface area contributed by atoms with Crippen molar-refractivity contribution in [2.75, 3.05) is 20.2 Å². The van der Waals surface area contributed by atoms with Gasteiger partial charge in [0, 0.05) is 6.61 Å². The summed E-state index contributed by atoms with van der Waals surface area (Å²) in [6, 6.07) is 0. The van der Waals surface area contributed by atoms with E-state index in [9.17, 15) is 0 Å². The lowest BCUT2D eigenvalue weighted by atomic mass is 9.64. The first kappa shape index (κ1) is 16.3. The predicted molar refractivity (Wildman–Crippen MR) is 85.9 cm³/mol. The standard InChI is InChI=1S/C18H35NO/c1-18(2,3)16-9-7-15(13-19-4)14(12-16)8-10-17-6-5-11-20-17/h14-17,19H,5-13H2,1-4H3. The first-order valence-electron chi connectivity index (χ1n) is 8.77. The second-order valence-corrected chi connectivity index (χ2v) is 8.17. The third-order valence-electron chi connectivity index (χ3n) is 5.71. The largest absolute Gasteiger partial charge is 0.378 e. The van der Waals surface area contributed by atoms with Crippen molar-refractivity contribution < 1.29 is 4.74 Å². The number of rotatable bonds is 5. The summed E-state index contributed by atoms with van der Waals surface area (Å²) < 4.78 is 5.82. The molecule has 20 heavy (non-hydrogen) atoms. The molecule has 118 valence electrons. The first-order chi connectivity index (χ1) is 9.50. The molecule has 1 saturated carbocycles. The Kier molecular flexibility index (Phi) is 5.92. The maximum absolute atomic E-state index is 5.82. The number of ether oxygens (including phenoxy) is 1. The van der Waals surface area contributed by atoms with Crippen molar-refractivity contribution in [3.8, 4) is 0 Å². The van der Waals surface area contributed by atoms with Crippen LogP contribution in [-0.2, 0) is 4.74 Å². The fourth-order valence-electron chi connectivity index (χ4n) is 4.27. The minimum Gasteiger partial charge on any atom is -0.378 e. The van der Waals surface area contributed by atoms with Crippen molar-refractivity contribution in [3.63, 3.8) is 0 Å². The Bertz CT molecular complexity index is 278. The van der Waals surface area contributed by atoms with Crippen LogP contribution >= 0.6 is 0 Å². The zero-order valence-corrected chi connectivity index (χ0v) is 14.1. The maximum Gasteiger partial charge on any atom is 0.0576 e. The zero-order chi connectivity index (χ0) is 14.6. The highest BCUT2D eigenvalue weighted by molar-refractivity contribution is 4.87. The topological polar surface area (TPSA) is 21.3 Å². The van der Waals surface area contributed by atoms with Gasteiger partial charge < -0.3 is 10.1 Å². The van der Waals surface area contributed by atoms with Crippen LogP contribution in [0.15, 0.2) is 0 Å². The third kappa shape index (κ3) is 4.46. The molecule has 2 aliphatic rings. The Morgan fingerprint density at radius 1 is 1.05 bits per heavy atom. The van der Waals surface area contributed by atoms with E-state index in [1.807, 2.05) is 0 Å². The summed E-state index contributed by atoms with van der Waals surface area (Å²) in [6.45, 7) is 9.47. The molecule has 2 rings (SSSR count). The van der Waals surface area contributed by atoms with Crippen molar-refractivity contribution >= 4 is 0 Å². The van der Waals surface area contributed by atoms with Gasteiger partial charge in [-0.15, -0.1) is 0 Å². The van der Waals surface area contributed by atoms with Crippen molar-refractivity contribution in [2.45, 2.75) is 71.8 Å². The van der Waals surface area contributed by atoms with Gasteiger partial charge in [0.15, 0.2) is 0 Å². The van der Waals surface area contributed by atoms with Gasteiger partial charge in [-0.05, 0) is 81.7 Å². The summed E-state index contributed by atoms with van der Waals surface area (Å²) in [6.07, 6.45) is 10.1. The summed E-state index contributed by atoms with van der Waals surface area (Å²) in [5, 5.41) is 3.42. The van der Waals surface area contributed by atoms with Gasteiger partial charge in [0.05, 0.1) is 6.10 Å². The lowest BCUT2D eigenvalue weighted by Crippen LogP contribution is -2.36. The molecule has 1 heterocycles. The van der Waals surface area contributed by atoms with E-state index in [4.69, 9.17) is 4.74 Å². The quantitative estimate of drug-likeness (QED) is 0.813. The average Bonchev–Trinajstić information content (AvgIpc) is 2.89. The molecular formula is C18H35NO. The predicted octanol–water partition coefficient (Wildman–Crippen LogP) is 4.24. The van der Waals surface area contributed by atoms with Crippen LogP contribution < -0.4 is 5.32 Å². The van der Waals surface area contributed by atoms with Crippen LogP contribution in [0.5, 0.6) is 0 Å². The van der Waals surface area contributed by atoms with Gasteiger partial charge in [0.2, 0.25) is 0 Å². The van der Waals surface area contributed by atoms with Crippen LogP contribution in [0.2, 0.25) is 0 Å². The minimum atomic E-state index is 0.479. The van der Waals surface area contributed by atoms with E-state index in [1.165, 1.54) is 51.5 Å². The summed E-state index contributed by atoms with van der Waals surface area (Å²) in [5.41, 5.74) is 0.479. The molecule has 4 atom stereocenters. The Balaban J connectivity index is 1.88. The Morgan fingerprint density at radius 3 is 2.45 bits per heavy atom. The molecule has 0 aromatic heterocycles. The van der Waals surface area contributed by atoms with Gasteiger partial charge in [-0.2, -0.15) is 0 Å². The Morgan fingerprint density at radius 2 is 1.85 bits per heavy atom. The van der Waals surface area contributed by atoms with Crippen molar-refractivity contribution in [1.29, 1.82) is 0 Å². The molecule has 0 radical (unpaired) electrons. The molecule has 1 aliphatic heterocycles. The molecule has 0 spiro atoms. The molecule has 1 N–H and O–H groups in total. The van der Waals surface area contributed by atoms with Crippen LogP contribution in [-0.4, -0.2) is 26.3 Å². The molecule has 2 nitrogen and oxygen atoms in total. The number of hydrogen-bond acceptors (Lipinski definition) is 2. The van der Waals surface area contributed by atoms with E-state index in [0.717, 1.165) is 24.4 Å². The molecule has 0 aromatic rings. The fraction of sp³-hybridized carbons (Fsp3) is 1.00. The SMILES string of the molecule is CNCC1CCC(C(C)(C)C)CC1CCC1CCCO1. The third-order valence-corrected chi connectivity index (χ3v) is 5.71. The van der Waals surface area contributed by atoms with Crippen LogP contribution in [0.3, 0.4) is 0 Å². The second kappa shape index (κ2) is 7.26. The van der Waals surface area contributed by atoms with E-state index in [-0.39, 0.29) is 0 Å². The second-order valence-electron chi connectivity index (χ2n) is 8.17. The summed E-state index contributed by atoms with van der Waals surface area (Å²) >= 11 is 0. The highest BCUT2D eigenvalue weighted by Crippen LogP contribution is 2.44. The Hall–Kier alpha value is -0.0800. The first-order valence-corrected chi connectivity index (χ1v) is 8.77. The normalized spacial score (nSPS) is 35.4. The highest BCUT2D eigenvalue weighted by Gasteiger charge is 2.35. The van der Waals surface area contributed by atoms with E-state index >= 15 is 0 Å². The lowest BCUT2D eigenvalue weighted by Gasteiger charge is -2.42. The van der Waals surface area contributed by atoms with Gasteiger partial charge in [-0.1, -0.05) is 20.8 Å². The van der Waals surface area contributed by atoms with Crippen molar-refractivity contribution in [3.05, 3.63) is 0 Å². The smallest absolute Gasteiger partial charge is 0.0576 e. The molecule has 0 amide bonds. The number of nitrogens with one attached hydrogen (secondary N) is 1. The van der Waals surface area contributed by atoms with Crippen LogP contribution in [0.1, 0.15) is 65.7 Å². The monoisotopic (exact) mass is 281 g/mol.